The maximum Gasteiger partial charge on any atom is 0.330 e. The van der Waals surface area contributed by atoms with E-state index in [1.54, 1.807) is 30.5 Å². The van der Waals surface area contributed by atoms with Crippen molar-refractivity contribution in [1.29, 1.82) is 0 Å². The van der Waals surface area contributed by atoms with Crippen LogP contribution >= 0.6 is 24.0 Å². The number of aromatic amines is 1. The van der Waals surface area contributed by atoms with Crippen molar-refractivity contribution < 1.29 is 9.47 Å². The Bertz CT molecular complexity index is 838. The smallest absolute Gasteiger partial charge is 0.330 e. The summed E-state index contributed by atoms with van der Waals surface area (Å²) in [5.74, 6) is 0.918. The summed E-state index contributed by atoms with van der Waals surface area (Å²) < 4.78 is 14.0. The molecular formula is C15H23N5O3S2. The molecule has 1 N–H and O–H groups in total. The number of fused-ring (bicyclic) bond motifs is 1. The van der Waals surface area contributed by atoms with Gasteiger partial charge in [-0.15, -0.1) is 0 Å². The van der Waals surface area contributed by atoms with Crippen molar-refractivity contribution in [2.45, 2.75) is 11.7 Å². The van der Waals surface area contributed by atoms with Gasteiger partial charge in [-0.1, -0.05) is 24.0 Å². The SMILES string of the molecule is COCCn1c(=O)n(C)c(=S)c2[nH]c(SCCN3CCOCC3)nc21. The molecule has 1 aliphatic heterocycles. The van der Waals surface area contributed by atoms with E-state index >= 15 is 0 Å². The second-order valence-corrected chi connectivity index (χ2v) is 7.30. The number of methoxy groups -OCH3 is 1. The standard InChI is InChI=1S/C15H23N5O3S2/c1-18-13(24)11-12(20(15(18)21)5-7-22-2)17-14(16-11)25-10-6-19-3-8-23-9-4-19/h3-10H2,1-2H3,(H,16,17). The van der Waals surface area contributed by atoms with Crippen LogP contribution in [-0.2, 0) is 23.1 Å². The second kappa shape index (κ2) is 8.45. The van der Waals surface area contributed by atoms with E-state index in [0.717, 1.165) is 49.3 Å². The lowest BCUT2D eigenvalue weighted by atomic mass is 10.4. The van der Waals surface area contributed by atoms with Crippen molar-refractivity contribution in [2.75, 3.05) is 52.3 Å². The molecule has 0 bridgehead atoms. The first-order valence-corrected chi connectivity index (χ1v) is 9.62. The molecule has 0 aromatic carbocycles. The van der Waals surface area contributed by atoms with Gasteiger partial charge in [-0.05, 0) is 0 Å². The number of H-pyrrole nitrogens is 1. The topological polar surface area (TPSA) is 77.3 Å². The van der Waals surface area contributed by atoms with Crippen LogP contribution in [0.25, 0.3) is 11.2 Å². The van der Waals surface area contributed by atoms with Gasteiger partial charge in [-0.3, -0.25) is 14.0 Å². The van der Waals surface area contributed by atoms with E-state index in [4.69, 9.17) is 21.7 Å². The van der Waals surface area contributed by atoms with Gasteiger partial charge in [0.1, 0.15) is 10.2 Å². The fraction of sp³-hybridized carbons (Fsp3) is 0.667. The summed E-state index contributed by atoms with van der Waals surface area (Å²) >= 11 is 7.04. The average Bonchev–Trinajstić information content (AvgIpc) is 3.05. The molecule has 0 radical (unpaired) electrons. The van der Waals surface area contributed by atoms with Crippen LogP contribution in [0.15, 0.2) is 9.95 Å². The minimum atomic E-state index is -0.175. The van der Waals surface area contributed by atoms with Crippen LogP contribution in [0.4, 0.5) is 0 Å². The zero-order chi connectivity index (χ0) is 17.8. The Kier molecular flexibility index (Phi) is 6.29. The molecule has 138 valence electrons. The molecule has 3 heterocycles. The summed E-state index contributed by atoms with van der Waals surface area (Å²) in [4.78, 5) is 22.7. The molecule has 2 aromatic rings. The van der Waals surface area contributed by atoms with Crippen molar-refractivity contribution in [1.82, 2.24) is 24.0 Å². The molecular weight excluding hydrogens is 362 g/mol. The Hall–Kier alpha value is -1.20. The molecule has 2 aromatic heterocycles. The number of thioether (sulfide) groups is 1. The molecule has 25 heavy (non-hydrogen) atoms. The molecule has 0 spiro atoms. The van der Waals surface area contributed by atoms with E-state index in [-0.39, 0.29) is 5.69 Å². The Morgan fingerprint density at radius 3 is 2.84 bits per heavy atom. The third-order valence-corrected chi connectivity index (χ3v) is 5.56. The van der Waals surface area contributed by atoms with Gasteiger partial charge in [0.2, 0.25) is 0 Å². The molecule has 3 rings (SSSR count). The number of imidazole rings is 1. The Morgan fingerprint density at radius 2 is 2.12 bits per heavy atom. The van der Waals surface area contributed by atoms with Gasteiger partial charge in [0.15, 0.2) is 10.8 Å². The van der Waals surface area contributed by atoms with Gasteiger partial charge in [-0.25, -0.2) is 9.78 Å². The van der Waals surface area contributed by atoms with Crippen LogP contribution in [0, 0.1) is 4.64 Å². The molecule has 0 saturated carbocycles. The second-order valence-electron chi connectivity index (χ2n) is 5.83. The number of aromatic nitrogens is 4. The zero-order valence-corrected chi connectivity index (χ0v) is 16.1. The highest BCUT2D eigenvalue weighted by atomic mass is 32.2. The normalized spacial score (nSPS) is 15.9. The van der Waals surface area contributed by atoms with E-state index in [9.17, 15) is 4.79 Å². The number of nitrogens with zero attached hydrogens (tertiary/aromatic N) is 4. The van der Waals surface area contributed by atoms with Gasteiger partial charge < -0.3 is 14.5 Å². The van der Waals surface area contributed by atoms with Crippen molar-refractivity contribution in [3.05, 3.63) is 15.1 Å². The molecule has 8 nitrogen and oxygen atoms in total. The Balaban J connectivity index is 1.79. The fourth-order valence-electron chi connectivity index (χ4n) is 2.76. The van der Waals surface area contributed by atoms with Gasteiger partial charge in [0.05, 0.1) is 26.4 Å². The minimum absolute atomic E-state index is 0.175. The average molecular weight is 386 g/mol. The van der Waals surface area contributed by atoms with Crippen LogP contribution in [0.2, 0.25) is 0 Å². The van der Waals surface area contributed by atoms with Crippen LogP contribution < -0.4 is 5.69 Å². The minimum Gasteiger partial charge on any atom is -0.383 e. The lowest BCUT2D eigenvalue weighted by Crippen LogP contribution is -2.37. The van der Waals surface area contributed by atoms with Crippen LogP contribution in [-0.4, -0.2) is 76.3 Å². The number of morpholine rings is 1. The number of nitrogens with one attached hydrogen (secondary N) is 1. The quantitative estimate of drug-likeness (QED) is 0.560. The highest BCUT2D eigenvalue weighted by Crippen LogP contribution is 2.19. The van der Waals surface area contributed by atoms with Crippen molar-refractivity contribution in [3.8, 4) is 0 Å². The van der Waals surface area contributed by atoms with E-state index < -0.39 is 0 Å². The highest BCUT2D eigenvalue weighted by Gasteiger charge is 2.15. The summed E-state index contributed by atoms with van der Waals surface area (Å²) in [7, 11) is 3.29. The molecule has 1 saturated heterocycles. The third-order valence-electron chi connectivity index (χ3n) is 4.22. The lowest BCUT2D eigenvalue weighted by Gasteiger charge is -2.26. The molecule has 10 heteroatoms. The molecule has 1 aliphatic rings. The van der Waals surface area contributed by atoms with E-state index in [1.165, 1.54) is 4.57 Å². The summed E-state index contributed by atoms with van der Waals surface area (Å²) in [5, 5.41) is 0.783. The summed E-state index contributed by atoms with van der Waals surface area (Å²) in [5.41, 5.74) is 1.15. The fourth-order valence-corrected chi connectivity index (χ4v) is 3.85. The van der Waals surface area contributed by atoms with Crippen molar-refractivity contribution in [2.24, 2.45) is 7.05 Å². The summed E-state index contributed by atoms with van der Waals surface area (Å²) in [6, 6.07) is 0. The Morgan fingerprint density at radius 1 is 1.36 bits per heavy atom. The largest absolute Gasteiger partial charge is 0.383 e. The molecule has 0 unspecified atom stereocenters. The van der Waals surface area contributed by atoms with E-state index in [0.29, 0.717) is 23.4 Å². The van der Waals surface area contributed by atoms with Crippen LogP contribution in [0.5, 0.6) is 0 Å². The highest BCUT2D eigenvalue weighted by molar-refractivity contribution is 7.99. The Labute approximate surface area is 155 Å². The van der Waals surface area contributed by atoms with Crippen molar-refractivity contribution in [3.63, 3.8) is 0 Å². The van der Waals surface area contributed by atoms with Gasteiger partial charge in [0, 0.05) is 39.5 Å². The van der Waals surface area contributed by atoms with Crippen LogP contribution in [0.1, 0.15) is 0 Å². The van der Waals surface area contributed by atoms with Gasteiger partial charge in [-0.2, -0.15) is 0 Å². The maximum atomic E-state index is 12.5. The van der Waals surface area contributed by atoms with E-state index in [2.05, 4.69) is 14.9 Å². The first kappa shape index (κ1) is 18.6. The summed E-state index contributed by atoms with van der Waals surface area (Å²) in [6.07, 6.45) is 0. The predicted molar refractivity (Wildman–Crippen MR) is 100 cm³/mol. The first-order valence-electron chi connectivity index (χ1n) is 8.23. The monoisotopic (exact) mass is 385 g/mol. The predicted octanol–water partition coefficient (Wildman–Crippen LogP) is 0.863. The van der Waals surface area contributed by atoms with Crippen molar-refractivity contribution >= 4 is 35.1 Å². The maximum absolute atomic E-state index is 12.5. The molecule has 0 amide bonds. The van der Waals surface area contributed by atoms with Crippen LogP contribution in [0.3, 0.4) is 0 Å². The molecule has 0 atom stereocenters. The van der Waals surface area contributed by atoms with Gasteiger partial charge in [0.25, 0.3) is 0 Å². The zero-order valence-electron chi connectivity index (χ0n) is 14.5. The number of hydrogen-bond donors (Lipinski definition) is 1. The first-order chi connectivity index (χ1) is 12.1. The van der Waals surface area contributed by atoms with Gasteiger partial charge >= 0.3 is 5.69 Å². The number of hydrogen-bond acceptors (Lipinski definition) is 7. The third kappa shape index (κ3) is 4.14. The summed E-state index contributed by atoms with van der Waals surface area (Å²) in [6.45, 7) is 5.42. The number of ether oxygens (including phenoxy) is 2. The molecule has 0 aliphatic carbocycles. The number of rotatable bonds is 7. The molecule has 1 fully saturated rings. The lowest BCUT2D eigenvalue weighted by molar-refractivity contribution is 0.0410. The van der Waals surface area contributed by atoms with E-state index in [1.807, 2.05) is 0 Å².